The van der Waals surface area contributed by atoms with Crippen molar-refractivity contribution in [3.8, 4) is 11.3 Å². The van der Waals surface area contributed by atoms with Crippen molar-refractivity contribution in [3.63, 3.8) is 0 Å². The summed E-state index contributed by atoms with van der Waals surface area (Å²) in [5.41, 5.74) is 9.33. The number of pyridine rings is 1. The number of hydrogen-bond donors (Lipinski definition) is 3. The van der Waals surface area contributed by atoms with Crippen molar-refractivity contribution in [2.45, 2.75) is 32.6 Å². The Hall–Kier alpha value is -3.94. The summed E-state index contributed by atoms with van der Waals surface area (Å²) in [7, 11) is 1.40. The van der Waals surface area contributed by atoms with Gasteiger partial charge in [0.05, 0.1) is 30.1 Å². The number of nitrogen functional groups attached to an aromatic ring is 1. The van der Waals surface area contributed by atoms with E-state index < -0.39 is 5.82 Å². The molecule has 4 N–H and O–H groups in total. The highest BCUT2D eigenvalue weighted by Crippen LogP contribution is 2.61. The Morgan fingerprint density at radius 1 is 1.00 bits per heavy atom. The lowest BCUT2D eigenvalue weighted by atomic mass is 9.48. The van der Waals surface area contributed by atoms with E-state index >= 15 is 4.39 Å². The van der Waals surface area contributed by atoms with E-state index in [1.807, 2.05) is 36.4 Å². The monoisotopic (exact) mass is 488 g/mol. The third kappa shape index (κ3) is 4.39. The molecule has 2 aliphatic carbocycles. The van der Waals surface area contributed by atoms with Gasteiger partial charge in [-0.3, -0.25) is 9.59 Å². The minimum absolute atomic E-state index is 0.0592. The maximum atomic E-state index is 15.2. The molecular formula is C28H29FN4O3. The van der Waals surface area contributed by atoms with Crippen molar-refractivity contribution in [1.29, 1.82) is 0 Å². The maximum Gasteiger partial charge on any atom is 0.308 e. The first-order valence-corrected chi connectivity index (χ1v) is 12.1. The number of aromatic nitrogens is 1. The summed E-state index contributed by atoms with van der Waals surface area (Å²) >= 11 is 0. The fourth-order valence-electron chi connectivity index (χ4n) is 5.44. The Morgan fingerprint density at radius 3 is 2.36 bits per heavy atom. The van der Waals surface area contributed by atoms with Crippen molar-refractivity contribution in [3.05, 3.63) is 66.0 Å². The number of amides is 1. The van der Waals surface area contributed by atoms with E-state index in [-0.39, 0.29) is 34.8 Å². The number of carbonyl (C=O) groups excluding carboxylic acids is 2. The standard InChI is InChI=1S/C28H29FN4O3/c1-16-21(31-25-20(30)8-9-22(32-25)17-6-4-3-5-7-17)10-11-23(24(16)29)33-26(34)18-12-28(13-18)14-19(15-28)27(35)36-2/h3-11,18-19H,12-15,30H2,1-2H3,(H,31,32)(H,33,34). The first-order chi connectivity index (χ1) is 17.3. The molecule has 0 saturated heterocycles. The molecule has 1 spiro atoms. The maximum absolute atomic E-state index is 15.2. The van der Waals surface area contributed by atoms with Crippen LogP contribution in [-0.2, 0) is 14.3 Å². The number of benzene rings is 2. The van der Waals surface area contributed by atoms with Gasteiger partial charge in [0.1, 0.15) is 0 Å². The number of rotatable bonds is 6. The lowest BCUT2D eigenvalue weighted by Gasteiger charge is -2.56. The van der Waals surface area contributed by atoms with Gasteiger partial charge < -0.3 is 21.1 Å². The van der Waals surface area contributed by atoms with Gasteiger partial charge in [-0.25, -0.2) is 9.37 Å². The highest BCUT2D eigenvalue weighted by molar-refractivity contribution is 5.94. The molecule has 36 heavy (non-hydrogen) atoms. The topological polar surface area (TPSA) is 106 Å². The minimum Gasteiger partial charge on any atom is -0.469 e. The fraction of sp³-hybridized carbons (Fsp3) is 0.321. The molecule has 1 heterocycles. The molecule has 0 atom stereocenters. The highest BCUT2D eigenvalue weighted by Gasteiger charge is 2.56. The second kappa shape index (κ2) is 9.26. The van der Waals surface area contributed by atoms with E-state index in [1.165, 1.54) is 7.11 Å². The summed E-state index contributed by atoms with van der Waals surface area (Å²) < 4.78 is 20.0. The Morgan fingerprint density at radius 2 is 1.67 bits per heavy atom. The number of anilines is 4. The van der Waals surface area contributed by atoms with E-state index in [1.54, 1.807) is 25.1 Å². The number of hydrogen-bond acceptors (Lipinski definition) is 6. The molecule has 3 aromatic rings. The predicted molar refractivity (Wildman–Crippen MR) is 137 cm³/mol. The van der Waals surface area contributed by atoms with Gasteiger partial charge in [0.2, 0.25) is 5.91 Å². The SMILES string of the molecule is COC(=O)C1CC2(CC(C(=O)Nc3ccc(Nc4nc(-c5ccccc5)ccc4N)c(C)c3F)C2)C1. The average molecular weight is 489 g/mol. The van der Waals surface area contributed by atoms with Crippen LogP contribution in [0.25, 0.3) is 11.3 Å². The third-order valence-corrected chi connectivity index (χ3v) is 7.52. The van der Waals surface area contributed by atoms with Crippen LogP contribution < -0.4 is 16.4 Å². The Bertz CT molecular complexity index is 1310. The predicted octanol–water partition coefficient (Wildman–Crippen LogP) is 5.44. The first-order valence-electron chi connectivity index (χ1n) is 12.1. The van der Waals surface area contributed by atoms with Gasteiger partial charge in [0, 0.05) is 22.7 Å². The van der Waals surface area contributed by atoms with Crippen molar-refractivity contribution < 1.29 is 18.7 Å². The largest absolute Gasteiger partial charge is 0.469 e. The van der Waals surface area contributed by atoms with Crippen LogP contribution in [-0.4, -0.2) is 24.0 Å². The first kappa shape index (κ1) is 23.8. The van der Waals surface area contributed by atoms with E-state index in [4.69, 9.17) is 10.5 Å². The quantitative estimate of drug-likeness (QED) is 0.399. The van der Waals surface area contributed by atoms with E-state index in [2.05, 4.69) is 15.6 Å². The van der Waals surface area contributed by atoms with Crippen LogP contribution in [0, 0.1) is 30.0 Å². The number of nitrogens with one attached hydrogen (secondary N) is 2. The zero-order valence-electron chi connectivity index (χ0n) is 20.3. The number of nitrogens with two attached hydrogens (primary N) is 1. The van der Waals surface area contributed by atoms with Gasteiger partial charge in [-0.15, -0.1) is 0 Å². The van der Waals surface area contributed by atoms with Gasteiger partial charge in [-0.2, -0.15) is 0 Å². The highest BCUT2D eigenvalue weighted by atomic mass is 19.1. The van der Waals surface area contributed by atoms with Gasteiger partial charge in [-0.1, -0.05) is 30.3 Å². The molecule has 0 aliphatic heterocycles. The summed E-state index contributed by atoms with van der Waals surface area (Å²) in [5.74, 6) is -0.677. The smallest absolute Gasteiger partial charge is 0.308 e. The second-order valence-electron chi connectivity index (χ2n) is 9.95. The lowest BCUT2D eigenvalue weighted by Crippen LogP contribution is -2.52. The normalized spacial score (nSPS) is 22.3. The summed E-state index contributed by atoms with van der Waals surface area (Å²) in [6.45, 7) is 1.64. The Balaban J connectivity index is 1.24. The molecule has 7 nitrogen and oxygen atoms in total. The summed E-state index contributed by atoms with van der Waals surface area (Å²) in [4.78, 5) is 29.0. The van der Waals surface area contributed by atoms with E-state index in [0.717, 1.165) is 36.9 Å². The number of esters is 1. The molecule has 0 unspecified atom stereocenters. The molecule has 1 amide bonds. The molecular weight excluding hydrogens is 459 g/mol. The van der Waals surface area contributed by atoms with Gasteiger partial charge in [0.15, 0.2) is 11.6 Å². The molecule has 2 fully saturated rings. The van der Waals surface area contributed by atoms with Gasteiger partial charge >= 0.3 is 5.97 Å². The van der Waals surface area contributed by atoms with Crippen molar-refractivity contribution in [2.24, 2.45) is 17.3 Å². The average Bonchev–Trinajstić information content (AvgIpc) is 2.83. The zero-order valence-corrected chi connectivity index (χ0v) is 20.3. The van der Waals surface area contributed by atoms with Crippen LogP contribution in [0.4, 0.5) is 27.3 Å². The molecule has 5 rings (SSSR count). The molecule has 2 saturated carbocycles. The molecule has 0 bridgehead atoms. The number of halogens is 1. The molecule has 0 radical (unpaired) electrons. The van der Waals surface area contributed by atoms with Crippen LogP contribution in [0.3, 0.4) is 0 Å². The number of methoxy groups -OCH3 is 1. The Labute approximate surface area is 209 Å². The second-order valence-corrected chi connectivity index (χ2v) is 9.95. The fourth-order valence-corrected chi connectivity index (χ4v) is 5.44. The van der Waals surface area contributed by atoms with Crippen LogP contribution in [0.1, 0.15) is 31.2 Å². The number of carbonyl (C=O) groups is 2. The molecule has 1 aromatic heterocycles. The third-order valence-electron chi connectivity index (χ3n) is 7.52. The van der Waals surface area contributed by atoms with Gasteiger partial charge in [0.25, 0.3) is 0 Å². The lowest BCUT2D eigenvalue weighted by molar-refractivity contribution is -0.163. The van der Waals surface area contributed by atoms with E-state index in [0.29, 0.717) is 22.8 Å². The molecule has 2 aliphatic rings. The zero-order chi connectivity index (χ0) is 25.4. The summed E-state index contributed by atoms with van der Waals surface area (Å²) in [6, 6.07) is 16.6. The van der Waals surface area contributed by atoms with Crippen molar-refractivity contribution in [2.75, 3.05) is 23.5 Å². The van der Waals surface area contributed by atoms with Gasteiger partial charge in [-0.05, 0) is 62.3 Å². The van der Waals surface area contributed by atoms with Crippen LogP contribution in [0.15, 0.2) is 54.6 Å². The van der Waals surface area contributed by atoms with E-state index in [9.17, 15) is 9.59 Å². The molecule has 2 aromatic carbocycles. The van der Waals surface area contributed by atoms with Crippen LogP contribution in [0.5, 0.6) is 0 Å². The Kier molecular flexibility index (Phi) is 6.12. The minimum atomic E-state index is -0.505. The van der Waals surface area contributed by atoms with Crippen molar-refractivity contribution >= 4 is 34.8 Å². The number of ether oxygens (including phenoxy) is 1. The molecule has 186 valence electrons. The summed E-state index contributed by atoms with van der Waals surface area (Å²) in [5, 5.41) is 5.88. The summed E-state index contributed by atoms with van der Waals surface area (Å²) in [6.07, 6.45) is 2.96. The van der Waals surface area contributed by atoms with Crippen LogP contribution >= 0.6 is 0 Å². The number of nitrogens with zero attached hydrogens (tertiary/aromatic N) is 1. The van der Waals surface area contributed by atoms with Crippen LogP contribution in [0.2, 0.25) is 0 Å². The van der Waals surface area contributed by atoms with Crippen molar-refractivity contribution in [1.82, 2.24) is 4.98 Å². The molecule has 8 heteroatoms.